The maximum atomic E-state index is 9.18. The van der Waals surface area contributed by atoms with Gasteiger partial charge in [-0.2, -0.15) is 11.8 Å². The summed E-state index contributed by atoms with van der Waals surface area (Å²) in [6, 6.07) is 0. The Kier molecular flexibility index (Phi) is 5.14. The van der Waals surface area contributed by atoms with Crippen LogP contribution in [-0.2, 0) is 0 Å². The third-order valence-corrected chi connectivity index (χ3v) is 4.10. The molecule has 3 unspecified atom stereocenters. The molecule has 0 heterocycles. The van der Waals surface area contributed by atoms with E-state index in [-0.39, 0.29) is 6.61 Å². The average molecular weight is 204 g/mol. The number of rotatable bonds is 4. The second kappa shape index (κ2) is 5.89. The third kappa shape index (κ3) is 4.34. The number of aliphatic hydroxyl groups is 2. The lowest BCUT2D eigenvalue weighted by Crippen LogP contribution is -2.20. The first kappa shape index (κ1) is 11.3. The van der Waals surface area contributed by atoms with Gasteiger partial charge in [0.15, 0.2) is 0 Å². The molecule has 1 fully saturated rings. The summed E-state index contributed by atoms with van der Waals surface area (Å²) in [5.41, 5.74) is 0. The Morgan fingerprint density at radius 2 is 2.23 bits per heavy atom. The Morgan fingerprint density at radius 1 is 1.46 bits per heavy atom. The van der Waals surface area contributed by atoms with E-state index in [9.17, 15) is 5.11 Å². The van der Waals surface area contributed by atoms with Gasteiger partial charge < -0.3 is 10.2 Å². The zero-order chi connectivity index (χ0) is 9.68. The van der Waals surface area contributed by atoms with Crippen molar-refractivity contribution in [3.05, 3.63) is 0 Å². The van der Waals surface area contributed by atoms with Gasteiger partial charge in [0.05, 0.1) is 12.7 Å². The van der Waals surface area contributed by atoms with E-state index in [2.05, 4.69) is 6.92 Å². The van der Waals surface area contributed by atoms with Gasteiger partial charge in [0.25, 0.3) is 0 Å². The summed E-state index contributed by atoms with van der Waals surface area (Å²) in [6.45, 7) is 2.20. The second-order valence-electron chi connectivity index (χ2n) is 4.06. The molecule has 3 heteroatoms. The van der Waals surface area contributed by atoms with Crippen LogP contribution in [0.25, 0.3) is 0 Å². The first-order chi connectivity index (χ1) is 6.22. The van der Waals surface area contributed by atoms with Gasteiger partial charge in [-0.1, -0.05) is 19.8 Å². The molecule has 0 spiro atoms. The lowest BCUT2D eigenvalue weighted by Gasteiger charge is -2.26. The van der Waals surface area contributed by atoms with Crippen molar-refractivity contribution in [3.63, 3.8) is 0 Å². The molecule has 0 bridgehead atoms. The van der Waals surface area contributed by atoms with Gasteiger partial charge in [-0.25, -0.2) is 0 Å². The van der Waals surface area contributed by atoms with Gasteiger partial charge in [0.2, 0.25) is 0 Å². The van der Waals surface area contributed by atoms with Gasteiger partial charge in [-0.05, 0) is 18.8 Å². The Balaban J connectivity index is 2.13. The third-order valence-electron chi connectivity index (χ3n) is 2.62. The summed E-state index contributed by atoms with van der Waals surface area (Å²) >= 11 is 1.82. The van der Waals surface area contributed by atoms with Crippen LogP contribution >= 0.6 is 11.8 Å². The molecule has 0 radical (unpaired) electrons. The zero-order valence-electron chi connectivity index (χ0n) is 8.28. The molecule has 0 aromatic carbocycles. The van der Waals surface area contributed by atoms with E-state index >= 15 is 0 Å². The van der Waals surface area contributed by atoms with Crippen molar-refractivity contribution in [2.45, 2.75) is 44.0 Å². The van der Waals surface area contributed by atoms with Gasteiger partial charge in [-0.3, -0.25) is 0 Å². The summed E-state index contributed by atoms with van der Waals surface area (Å²) < 4.78 is 0. The van der Waals surface area contributed by atoms with Crippen molar-refractivity contribution in [2.75, 3.05) is 12.4 Å². The highest BCUT2D eigenvalue weighted by Crippen LogP contribution is 2.31. The zero-order valence-corrected chi connectivity index (χ0v) is 9.09. The molecule has 0 aromatic rings. The van der Waals surface area contributed by atoms with Crippen LogP contribution < -0.4 is 0 Å². The van der Waals surface area contributed by atoms with E-state index in [0.29, 0.717) is 11.0 Å². The molecule has 0 amide bonds. The molecule has 1 aliphatic carbocycles. The summed E-state index contributed by atoms with van der Waals surface area (Å²) in [7, 11) is 0. The molecule has 0 saturated heterocycles. The smallest absolute Gasteiger partial charge is 0.0861 e. The minimum atomic E-state index is -0.526. The van der Waals surface area contributed by atoms with Gasteiger partial charge in [0.1, 0.15) is 0 Å². The highest BCUT2D eigenvalue weighted by Gasteiger charge is 2.19. The fraction of sp³-hybridized carbons (Fsp3) is 1.00. The van der Waals surface area contributed by atoms with Gasteiger partial charge in [0, 0.05) is 11.0 Å². The predicted octanol–water partition coefficient (Wildman–Crippen LogP) is 1.65. The summed E-state index contributed by atoms with van der Waals surface area (Å²) in [5.74, 6) is 1.53. The van der Waals surface area contributed by atoms with Crippen LogP contribution in [0.2, 0.25) is 0 Å². The standard InChI is InChI=1S/C10H20O2S/c1-8-3-2-4-10(5-8)13-7-9(12)6-11/h8-12H,2-7H2,1H3. The van der Waals surface area contributed by atoms with Crippen LogP contribution in [0.3, 0.4) is 0 Å². The molecule has 0 aromatic heterocycles. The Bertz CT molecular complexity index is 141. The lowest BCUT2D eigenvalue weighted by molar-refractivity contribution is 0.113. The molecule has 2 nitrogen and oxygen atoms in total. The molecular weight excluding hydrogens is 184 g/mol. The molecule has 2 N–H and O–H groups in total. The number of thioether (sulfide) groups is 1. The fourth-order valence-electron chi connectivity index (χ4n) is 1.83. The molecule has 13 heavy (non-hydrogen) atoms. The summed E-state index contributed by atoms with van der Waals surface area (Å²) in [4.78, 5) is 0. The van der Waals surface area contributed by atoms with E-state index < -0.39 is 6.10 Å². The van der Waals surface area contributed by atoms with Crippen molar-refractivity contribution in [1.29, 1.82) is 0 Å². The van der Waals surface area contributed by atoms with Crippen molar-refractivity contribution in [3.8, 4) is 0 Å². The normalized spacial score (nSPS) is 31.6. The monoisotopic (exact) mass is 204 g/mol. The fourth-order valence-corrected chi connectivity index (χ4v) is 3.23. The molecular formula is C10H20O2S. The first-order valence-electron chi connectivity index (χ1n) is 5.13. The number of hydrogen-bond acceptors (Lipinski definition) is 3. The van der Waals surface area contributed by atoms with E-state index in [1.54, 1.807) is 0 Å². The van der Waals surface area contributed by atoms with Crippen LogP contribution in [0.15, 0.2) is 0 Å². The van der Waals surface area contributed by atoms with Crippen LogP contribution in [0.1, 0.15) is 32.6 Å². The van der Waals surface area contributed by atoms with E-state index in [1.807, 2.05) is 11.8 Å². The van der Waals surface area contributed by atoms with E-state index in [4.69, 9.17) is 5.11 Å². The van der Waals surface area contributed by atoms with Crippen LogP contribution in [-0.4, -0.2) is 33.9 Å². The van der Waals surface area contributed by atoms with Crippen molar-refractivity contribution >= 4 is 11.8 Å². The number of aliphatic hydroxyl groups excluding tert-OH is 2. The first-order valence-corrected chi connectivity index (χ1v) is 6.17. The molecule has 0 aliphatic heterocycles. The molecule has 1 aliphatic rings. The number of hydrogen-bond donors (Lipinski definition) is 2. The van der Waals surface area contributed by atoms with Gasteiger partial charge in [-0.15, -0.1) is 0 Å². The minimum Gasteiger partial charge on any atom is -0.394 e. The Labute approximate surface area is 84.7 Å². The maximum absolute atomic E-state index is 9.18. The Hall–Kier alpha value is 0.270. The van der Waals surface area contributed by atoms with E-state index in [1.165, 1.54) is 25.7 Å². The largest absolute Gasteiger partial charge is 0.394 e. The lowest BCUT2D eigenvalue weighted by atomic mass is 9.91. The van der Waals surface area contributed by atoms with Crippen molar-refractivity contribution in [2.24, 2.45) is 5.92 Å². The highest BCUT2D eigenvalue weighted by molar-refractivity contribution is 7.99. The predicted molar refractivity (Wildman–Crippen MR) is 57.0 cm³/mol. The average Bonchev–Trinajstić information content (AvgIpc) is 2.14. The van der Waals surface area contributed by atoms with Gasteiger partial charge >= 0.3 is 0 Å². The summed E-state index contributed by atoms with van der Waals surface area (Å²) in [5, 5.41) is 18.5. The van der Waals surface area contributed by atoms with Crippen LogP contribution in [0.4, 0.5) is 0 Å². The topological polar surface area (TPSA) is 40.5 Å². The van der Waals surface area contributed by atoms with Crippen molar-refractivity contribution < 1.29 is 10.2 Å². The Morgan fingerprint density at radius 3 is 2.85 bits per heavy atom. The second-order valence-corrected chi connectivity index (χ2v) is 5.40. The molecule has 1 rings (SSSR count). The molecule has 78 valence electrons. The van der Waals surface area contributed by atoms with E-state index in [0.717, 1.165) is 5.92 Å². The summed E-state index contributed by atoms with van der Waals surface area (Å²) in [6.07, 6.45) is 4.73. The van der Waals surface area contributed by atoms with Crippen molar-refractivity contribution in [1.82, 2.24) is 0 Å². The quantitative estimate of drug-likeness (QED) is 0.731. The SMILES string of the molecule is CC1CCCC(SCC(O)CO)C1. The molecule has 1 saturated carbocycles. The highest BCUT2D eigenvalue weighted by atomic mass is 32.2. The van der Waals surface area contributed by atoms with Crippen LogP contribution in [0.5, 0.6) is 0 Å². The van der Waals surface area contributed by atoms with Crippen LogP contribution in [0, 0.1) is 5.92 Å². The minimum absolute atomic E-state index is 0.102. The maximum Gasteiger partial charge on any atom is 0.0861 e. The molecule has 3 atom stereocenters.